The molecule has 0 aromatic heterocycles. The molecule has 1 aromatic carbocycles. The molecule has 0 bridgehead atoms. The third-order valence-electron chi connectivity index (χ3n) is 3.94. The van der Waals surface area contributed by atoms with Gasteiger partial charge in [0.25, 0.3) is 5.91 Å². The van der Waals surface area contributed by atoms with E-state index >= 15 is 0 Å². The van der Waals surface area contributed by atoms with Gasteiger partial charge in [0.15, 0.2) is 5.60 Å². The van der Waals surface area contributed by atoms with Crippen molar-refractivity contribution in [2.24, 2.45) is 5.92 Å². The fourth-order valence-corrected chi connectivity index (χ4v) is 3.12. The van der Waals surface area contributed by atoms with Crippen LogP contribution in [-0.4, -0.2) is 18.1 Å². The Morgan fingerprint density at radius 3 is 2.89 bits per heavy atom. The Hall–Kier alpha value is -2.14. The number of carbonyl (C=O) groups is 2. The molecule has 1 spiro atoms. The van der Waals surface area contributed by atoms with Gasteiger partial charge in [-0.05, 0) is 12.1 Å². The van der Waals surface area contributed by atoms with Gasteiger partial charge in [-0.2, -0.15) is 0 Å². The van der Waals surface area contributed by atoms with Crippen LogP contribution in [0, 0.1) is 5.92 Å². The number of amides is 2. The first-order chi connectivity index (χ1) is 9.16. The second-order valence-electron chi connectivity index (χ2n) is 4.89. The molecule has 96 valence electrons. The van der Waals surface area contributed by atoms with Crippen LogP contribution in [0.2, 0.25) is 0 Å². The van der Waals surface area contributed by atoms with Gasteiger partial charge in [-0.3, -0.25) is 9.59 Å². The van der Waals surface area contributed by atoms with Gasteiger partial charge in [0.05, 0.1) is 17.9 Å². The van der Waals surface area contributed by atoms with E-state index in [1.807, 2.05) is 18.2 Å². The molecule has 3 atom stereocenters. The highest BCUT2D eigenvalue weighted by atomic mass is 16.7. The lowest BCUT2D eigenvalue weighted by molar-refractivity contribution is -0.302. The van der Waals surface area contributed by atoms with Gasteiger partial charge in [0.2, 0.25) is 12.2 Å². The lowest BCUT2D eigenvalue weighted by Gasteiger charge is -2.46. The second kappa shape index (κ2) is 3.24. The van der Waals surface area contributed by atoms with Crippen molar-refractivity contribution in [1.82, 2.24) is 0 Å². The molecule has 1 saturated heterocycles. The average molecular weight is 257 g/mol. The largest absolute Gasteiger partial charge is 0.472 e. The summed E-state index contributed by atoms with van der Waals surface area (Å²) in [5.41, 5.74) is 0.269. The number of benzene rings is 1. The molecule has 1 fully saturated rings. The number of ether oxygens (including phenoxy) is 2. The smallest absolute Gasteiger partial charge is 0.271 e. The predicted octanol–water partition coefficient (Wildman–Crippen LogP) is 1.29. The third kappa shape index (κ3) is 1.05. The summed E-state index contributed by atoms with van der Waals surface area (Å²) in [5.74, 6) is -0.785. The summed E-state index contributed by atoms with van der Waals surface area (Å²) in [6.45, 7) is 1.38. The van der Waals surface area contributed by atoms with E-state index in [-0.39, 0.29) is 17.7 Å². The Morgan fingerprint density at radius 2 is 2.16 bits per heavy atom. The molecule has 0 aliphatic carbocycles. The molecule has 2 amide bonds. The number of carbonyl (C=O) groups excluding carboxylic acids is 2. The fraction of sp³-hybridized carbons (Fsp3) is 0.286. The molecule has 5 heteroatoms. The van der Waals surface area contributed by atoms with Crippen LogP contribution >= 0.6 is 0 Å². The van der Waals surface area contributed by atoms with Gasteiger partial charge >= 0.3 is 0 Å². The molecular weight excluding hydrogens is 246 g/mol. The standard InChI is InChI=1S/C14H11NO4/c1-8(16)15-11-5-3-2-4-9(11)14(13(15)17)10-6-7-18-12(10)19-14/h2-7,10,12H,1H3/t10-,12-,14+/m1/s1. The molecular formula is C14H11NO4. The molecule has 1 aromatic rings. The summed E-state index contributed by atoms with van der Waals surface area (Å²) in [5, 5.41) is 0. The Labute approximate surface area is 109 Å². The molecule has 19 heavy (non-hydrogen) atoms. The number of para-hydroxylation sites is 1. The average Bonchev–Trinajstić information content (AvgIpc) is 2.85. The van der Waals surface area contributed by atoms with Crippen LogP contribution in [0.3, 0.4) is 0 Å². The second-order valence-corrected chi connectivity index (χ2v) is 4.89. The van der Waals surface area contributed by atoms with Crippen LogP contribution in [0.25, 0.3) is 0 Å². The zero-order chi connectivity index (χ0) is 13.2. The van der Waals surface area contributed by atoms with Gasteiger partial charge in [-0.15, -0.1) is 0 Å². The zero-order valence-corrected chi connectivity index (χ0v) is 10.2. The molecule has 3 aliphatic rings. The highest BCUT2D eigenvalue weighted by Crippen LogP contribution is 2.57. The summed E-state index contributed by atoms with van der Waals surface area (Å²) in [6.07, 6.45) is 2.96. The van der Waals surface area contributed by atoms with Crippen LogP contribution in [-0.2, 0) is 24.7 Å². The Morgan fingerprint density at radius 1 is 1.37 bits per heavy atom. The van der Waals surface area contributed by atoms with Gasteiger partial charge in [0, 0.05) is 12.5 Å². The van der Waals surface area contributed by atoms with Gasteiger partial charge in [-0.25, -0.2) is 4.90 Å². The van der Waals surface area contributed by atoms with Gasteiger partial charge < -0.3 is 9.47 Å². The fourth-order valence-electron chi connectivity index (χ4n) is 3.12. The maximum atomic E-state index is 12.6. The maximum Gasteiger partial charge on any atom is 0.271 e. The van der Waals surface area contributed by atoms with E-state index in [4.69, 9.17) is 9.47 Å². The number of anilines is 1. The van der Waals surface area contributed by atoms with Crippen LogP contribution in [0.1, 0.15) is 12.5 Å². The highest BCUT2D eigenvalue weighted by Gasteiger charge is 2.69. The number of hydrogen-bond acceptors (Lipinski definition) is 4. The SMILES string of the molecule is CC(=O)N1C(=O)[C@]2(O[C@H]3OC=C[C@H]32)c2ccccc21. The van der Waals surface area contributed by atoms with E-state index in [9.17, 15) is 9.59 Å². The number of rotatable bonds is 0. The quantitative estimate of drug-likeness (QED) is 0.702. The molecule has 0 radical (unpaired) electrons. The maximum absolute atomic E-state index is 12.6. The van der Waals surface area contributed by atoms with Crippen molar-refractivity contribution in [1.29, 1.82) is 0 Å². The van der Waals surface area contributed by atoms with Crippen molar-refractivity contribution in [3.63, 3.8) is 0 Å². The van der Waals surface area contributed by atoms with Crippen LogP contribution in [0.4, 0.5) is 5.69 Å². The van der Waals surface area contributed by atoms with Crippen LogP contribution < -0.4 is 4.90 Å². The highest BCUT2D eigenvalue weighted by molar-refractivity contribution is 6.22. The van der Waals surface area contributed by atoms with E-state index in [0.29, 0.717) is 5.69 Å². The van der Waals surface area contributed by atoms with E-state index in [2.05, 4.69) is 0 Å². The summed E-state index contributed by atoms with van der Waals surface area (Å²) < 4.78 is 10.9. The van der Waals surface area contributed by atoms with Crippen molar-refractivity contribution < 1.29 is 19.1 Å². The van der Waals surface area contributed by atoms with Crippen molar-refractivity contribution in [2.75, 3.05) is 4.90 Å². The Balaban J connectivity index is 1.92. The van der Waals surface area contributed by atoms with Crippen LogP contribution in [0.15, 0.2) is 36.6 Å². The lowest BCUT2D eigenvalue weighted by atomic mass is 9.77. The van der Waals surface area contributed by atoms with E-state index in [1.165, 1.54) is 11.8 Å². The molecule has 0 unspecified atom stereocenters. The monoisotopic (exact) mass is 257 g/mol. The summed E-state index contributed by atoms with van der Waals surface area (Å²) in [4.78, 5) is 25.6. The van der Waals surface area contributed by atoms with E-state index in [0.717, 1.165) is 5.56 Å². The summed E-state index contributed by atoms with van der Waals surface area (Å²) in [6, 6.07) is 7.24. The molecule has 5 nitrogen and oxygen atoms in total. The summed E-state index contributed by atoms with van der Waals surface area (Å²) in [7, 11) is 0. The molecule has 3 aliphatic heterocycles. The Kier molecular flexibility index (Phi) is 1.84. The zero-order valence-electron chi connectivity index (χ0n) is 10.2. The number of fused-ring (bicyclic) bond motifs is 4. The van der Waals surface area contributed by atoms with Gasteiger partial charge in [0.1, 0.15) is 0 Å². The normalized spacial score (nSPS) is 33.9. The number of hydrogen-bond donors (Lipinski definition) is 0. The number of imide groups is 1. The molecule has 0 saturated carbocycles. The first kappa shape index (κ1) is 10.8. The van der Waals surface area contributed by atoms with Crippen molar-refractivity contribution in [2.45, 2.75) is 18.8 Å². The third-order valence-corrected chi connectivity index (χ3v) is 3.94. The Bertz CT molecular complexity index is 638. The molecule has 4 rings (SSSR count). The van der Waals surface area contributed by atoms with Crippen molar-refractivity contribution in [3.8, 4) is 0 Å². The first-order valence-corrected chi connectivity index (χ1v) is 6.11. The van der Waals surface area contributed by atoms with Gasteiger partial charge in [-0.1, -0.05) is 18.2 Å². The van der Waals surface area contributed by atoms with E-state index in [1.54, 1.807) is 18.4 Å². The van der Waals surface area contributed by atoms with Crippen molar-refractivity contribution >= 4 is 17.5 Å². The minimum atomic E-state index is -1.08. The number of nitrogens with zero attached hydrogens (tertiary/aromatic N) is 1. The van der Waals surface area contributed by atoms with Crippen LogP contribution in [0.5, 0.6) is 0 Å². The molecule has 3 heterocycles. The molecule has 0 N–H and O–H groups in total. The first-order valence-electron chi connectivity index (χ1n) is 6.11. The lowest BCUT2D eigenvalue weighted by Crippen LogP contribution is -2.61. The predicted molar refractivity (Wildman–Crippen MR) is 64.9 cm³/mol. The van der Waals surface area contributed by atoms with Crippen molar-refractivity contribution in [3.05, 3.63) is 42.2 Å². The minimum absolute atomic E-state index is 0.162. The van der Waals surface area contributed by atoms with E-state index < -0.39 is 11.9 Å². The minimum Gasteiger partial charge on any atom is -0.472 e. The topological polar surface area (TPSA) is 55.8 Å². The summed E-state index contributed by atoms with van der Waals surface area (Å²) >= 11 is 0.